The van der Waals surface area contributed by atoms with Gasteiger partial charge in [-0.2, -0.15) is 0 Å². The minimum atomic E-state index is -3.10. The van der Waals surface area contributed by atoms with E-state index in [1.54, 1.807) is 23.9 Å². The zero-order valence-electron chi connectivity index (χ0n) is 10.5. The van der Waals surface area contributed by atoms with Gasteiger partial charge in [0.1, 0.15) is 0 Å². The third-order valence-corrected chi connectivity index (χ3v) is 6.55. The van der Waals surface area contributed by atoms with Crippen LogP contribution in [0.4, 0.5) is 0 Å². The predicted octanol–water partition coefficient (Wildman–Crippen LogP) is 3.62. The van der Waals surface area contributed by atoms with E-state index in [0.717, 1.165) is 10.5 Å². The molecule has 1 heterocycles. The first-order chi connectivity index (χ1) is 9.06. The van der Waals surface area contributed by atoms with Gasteiger partial charge in [-0.05, 0) is 30.7 Å². The normalized spacial score (nSPS) is 20.2. The summed E-state index contributed by atoms with van der Waals surface area (Å²) in [4.78, 5) is 1.61. The number of rotatable bonds is 2. The van der Waals surface area contributed by atoms with Gasteiger partial charge in [0, 0.05) is 4.90 Å². The van der Waals surface area contributed by atoms with Gasteiger partial charge < -0.3 is 0 Å². The van der Waals surface area contributed by atoms with Crippen LogP contribution in [0.2, 0.25) is 0 Å². The second-order valence-corrected chi connectivity index (χ2v) is 8.02. The molecule has 3 rings (SSSR count). The number of hydrogen-bond donors (Lipinski definition) is 0. The standard InChI is InChI=1S/C15H14O2S2/c1-11-6-8-12(9-7-11)18-14-10-19(16,17)15-5-3-2-4-13(14)15/h2-9,14H,10H2,1H3. The van der Waals surface area contributed by atoms with Crippen molar-refractivity contribution in [2.24, 2.45) is 0 Å². The predicted molar refractivity (Wildman–Crippen MR) is 78.3 cm³/mol. The number of sulfone groups is 1. The fraction of sp³-hybridized carbons (Fsp3) is 0.200. The molecule has 0 N–H and O–H groups in total. The Bertz CT molecular complexity index is 703. The Morgan fingerprint density at radius 2 is 1.74 bits per heavy atom. The maximum Gasteiger partial charge on any atom is 0.180 e. The van der Waals surface area contributed by atoms with E-state index < -0.39 is 9.84 Å². The van der Waals surface area contributed by atoms with Crippen LogP contribution in [0.1, 0.15) is 16.4 Å². The van der Waals surface area contributed by atoms with Crippen molar-refractivity contribution in [2.45, 2.75) is 22.0 Å². The molecule has 98 valence electrons. The van der Waals surface area contributed by atoms with Gasteiger partial charge in [-0.1, -0.05) is 35.9 Å². The monoisotopic (exact) mass is 290 g/mol. The zero-order valence-corrected chi connectivity index (χ0v) is 12.2. The molecule has 0 bridgehead atoms. The van der Waals surface area contributed by atoms with Crippen LogP contribution in [0.15, 0.2) is 58.3 Å². The van der Waals surface area contributed by atoms with E-state index >= 15 is 0 Å². The third-order valence-electron chi connectivity index (χ3n) is 3.27. The highest BCUT2D eigenvalue weighted by molar-refractivity contribution is 8.01. The van der Waals surface area contributed by atoms with E-state index in [1.807, 2.05) is 31.2 Å². The first-order valence-electron chi connectivity index (χ1n) is 6.11. The van der Waals surface area contributed by atoms with Crippen LogP contribution in [0.5, 0.6) is 0 Å². The molecule has 1 unspecified atom stereocenters. The molecule has 2 aromatic rings. The average molecular weight is 290 g/mol. The Balaban J connectivity index is 1.94. The van der Waals surface area contributed by atoms with Gasteiger partial charge in [-0.25, -0.2) is 8.42 Å². The van der Waals surface area contributed by atoms with Gasteiger partial charge in [0.25, 0.3) is 0 Å². The highest BCUT2D eigenvalue weighted by atomic mass is 32.2. The van der Waals surface area contributed by atoms with Crippen LogP contribution in [-0.4, -0.2) is 14.2 Å². The Morgan fingerprint density at radius 1 is 1.05 bits per heavy atom. The van der Waals surface area contributed by atoms with Crippen molar-refractivity contribution in [3.05, 3.63) is 59.7 Å². The van der Waals surface area contributed by atoms with E-state index in [1.165, 1.54) is 5.56 Å². The van der Waals surface area contributed by atoms with Crippen LogP contribution < -0.4 is 0 Å². The molecular formula is C15H14O2S2. The lowest BCUT2D eigenvalue weighted by Gasteiger charge is -2.09. The summed E-state index contributed by atoms with van der Waals surface area (Å²) >= 11 is 1.63. The van der Waals surface area contributed by atoms with E-state index in [4.69, 9.17) is 0 Å². The van der Waals surface area contributed by atoms with Crippen LogP contribution in [-0.2, 0) is 9.84 Å². The van der Waals surface area contributed by atoms with Crippen molar-refractivity contribution < 1.29 is 8.42 Å². The molecule has 2 nitrogen and oxygen atoms in total. The maximum atomic E-state index is 12.1. The summed E-state index contributed by atoms with van der Waals surface area (Å²) in [7, 11) is -3.10. The fourth-order valence-electron chi connectivity index (χ4n) is 2.29. The lowest BCUT2D eigenvalue weighted by Crippen LogP contribution is -2.00. The molecule has 0 aliphatic carbocycles. The van der Waals surface area contributed by atoms with Crippen LogP contribution in [0.25, 0.3) is 0 Å². The minimum absolute atomic E-state index is 0.00362. The SMILES string of the molecule is Cc1ccc(SC2CS(=O)(=O)c3ccccc32)cc1. The summed E-state index contributed by atoms with van der Waals surface area (Å²) in [5.74, 6) is 0.199. The van der Waals surface area contributed by atoms with Gasteiger partial charge >= 0.3 is 0 Å². The first-order valence-corrected chi connectivity index (χ1v) is 8.64. The fourth-order valence-corrected chi connectivity index (χ4v) is 5.74. The largest absolute Gasteiger partial charge is 0.224 e. The lowest BCUT2D eigenvalue weighted by molar-refractivity contribution is 0.600. The molecule has 19 heavy (non-hydrogen) atoms. The molecule has 2 aromatic carbocycles. The summed E-state index contributed by atoms with van der Waals surface area (Å²) in [6, 6.07) is 15.5. The Morgan fingerprint density at radius 3 is 2.47 bits per heavy atom. The topological polar surface area (TPSA) is 34.1 Å². The van der Waals surface area contributed by atoms with E-state index in [9.17, 15) is 8.42 Å². The summed E-state index contributed by atoms with van der Waals surface area (Å²) < 4.78 is 24.2. The van der Waals surface area contributed by atoms with Crippen molar-refractivity contribution in [3.63, 3.8) is 0 Å². The molecular weight excluding hydrogens is 276 g/mol. The van der Waals surface area contributed by atoms with Crippen molar-refractivity contribution in [1.29, 1.82) is 0 Å². The number of hydrogen-bond acceptors (Lipinski definition) is 3. The number of aryl methyl sites for hydroxylation is 1. The minimum Gasteiger partial charge on any atom is -0.224 e. The van der Waals surface area contributed by atoms with Crippen molar-refractivity contribution in [2.75, 3.05) is 5.75 Å². The average Bonchev–Trinajstić information content (AvgIpc) is 2.65. The number of fused-ring (bicyclic) bond motifs is 1. The van der Waals surface area contributed by atoms with E-state index in [2.05, 4.69) is 12.1 Å². The number of benzene rings is 2. The molecule has 0 saturated carbocycles. The first kappa shape index (κ1) is 12.8. The molecule has 0 fully saturated rings. The molecule has 4 heteroatoms. The highest BCUT2D eigenvalue weighted by Gasteiger charge is 2.34. The molecule has 1 aliphatic heterocycles. The highest BCUT2D eigenvalue weighted by Crippen LogP contribution is 2.44. The molecule has 0 radical (unpaired) electrons. The smallest absolute Gasteiger partial charge is 0.180 e. The van der Waals surface area contributed by atoms with E-state index in [-0.39, 0.29) is 11.0 Å². The van der Waals surface area contributed by atoms with Crippen molar-refractivity contribution in [1.82, 2.24) is 0 Å². The molecule has 1 aliphatic rings. The van der Waals surface area contributed by atoms with Gasteiger partial charge in [-0.3, -0.25) is 0 Å². The molecule has 0 spiro atoms. The number of thioether (sulfide) groups is 1. The molecule has 0 aromatic heterocycles. The van der Waals surface area contributed by atoms with Gasteiger partial charge in [-0.15, -0.1) is 11.8 Å². The quantitative estimate of drug-likeness (QED) is 0.847. The van der Waals surface area contributed by atoms with Gasteiger partial charge in [0.05, 0.1) is 15.9 Å². The zero-order chi connectivity index (χ0) is 13.5. The van der Waals surface area contributed by atoms with Crippen LogP contribution in [0, 0.1) is 6.92 Å². The third kappa shape index (κ3) is 2.42. The Hall–Kier alpha value is -1.26. The van der Waals surface area contributed by atoms with Crippen molar-refractivity contribution >= 4 is 21.6 Å². The molecule has 0 amide bonds. The molecule has 0 saturated heterocycles. The Labute approximate surface area is 117 Å². The summed E-state index contributed by atoms with van der Waals surface area (Å²) in [5.41, 5.74) is 2.15. The molecule has 1 atom stereocenters. The maximum absolute atomic E-state index is 12.1. The second kappa shape index (κ2) is 4.69. The Kier molecular flexibility index (Phi) is 3.15. The summed E-state index contributed by atoms with van der Waals surface area (Å²) in [6.07, 6.45) is 0. The van der Waals surface area contributed by atoms with Gasteiger partial charge in [0.2, 0.25) is 0 Å². The summed E-state index contributed by atoms with van der Waals surface area (Å²) in [5, 5.41) is 0.00362. The van der Waals surface area contributed by atoms with Crippen molar-refractivity contribution in [3.8, 4) is 0 Å². The van der Waals surface area contributed by atoms with Gasteiger partial charge in [0.15, 0.2) is 9.84 Å². The lowest BCUT2D eigenvalue weighted by atomic mass is 10.2. The van der Waals surface area contributed by atoms with E-state index in [0.29, 0.717) is 4.90 Å². The second-order valence-electron chi connectivity index (χ2n) is 4.74. The van der Waals surface area contributed by atoms with Crippen LogP contribution in [0.3, 0.4) is 0 Å². The summed E-state index contributed by atoms with van der Waals surface area (Å²) in [6.45, 7) is 2.05. The van der Waals surface area contributed by atoms with Crippen LogP contribution >= 0.6 is 11.8 Å².